The Morgan fingerprint density at radius 3 is 2.87 bits per heavy atom. The van der Waals surface area contributed by atoms with Gasteiger partial charge in [-0.05, 0) is 42.8 Å². The molecule has 0 saturated heterocycles. The van der Waals surface area contributed by atoms with Gasteiger partial charge >= 0.3 is 0 Å². The monoisotopic (exact) mass is 408 g/mol. The van der Waals surface area contributed by atoms with Gasteiger partial charge in [-0.15, -0.1) is 0 Å². The van der Waals surface area contributed by atoms with E-state index in [0.717, 1.165) is 11.2 Å². The number of aromatic amines is 1. The summed E-state index contributed by atoms with van der Waals surface area (Å²) in [7, 11) is 3.23. The van der Waals surface area contributed by atoms with Crippen molar-refractivity contribution < 1.29 is 18.4 Å². The lowest BCUT2D eigenvalue weighted by molar-refractivity contribution is -0.129. The van der Waals surface area contributed by atoms with E-state index in [2.05, 4.69) is 15.1 Å². The third-order valence-electron chi connectivity index (χ3n) is 4.93. The number of methoxy groups -OCH3 is 1. The van der Waals surface area contributed by atoms with Gasteiger partial charge in [0, 0.05) is 30.2 Å². The fraction of sp³-hybridized carbons (Fsp3) is 0.227. The van der Waals surface area contributed by atoms with Crippen molar-refractivity contribution in [2.75, 3.05) is 14.2 Å². The average molecular weight is 408 g/mol. The van der Waals surface area contributed by atoms with Gasteiger partial charge in [0.15, 0.2) is 5.76 Å². The number of amides is 1. The van der Waals surface area contributed by atoms with Crippen LogP contribution in [0, 0.1) is 12.7 Å². The third-order valence-corrected chi connectivity index (χ3v) is 4.93. The summed E-state index contributed by atoms with van der Waals surface area (Å²) in [5.74, 6) is 0.509. The van der Waals surface area contributed by atoms with Gasteiger partial charge in [0.1, 0.15) is 5.82 Å². The summed E-state index contributed by atoms with van der Waals surface area (Å²) in [4.78, 5) is 22.1. The van der Waals surface area contributed by atoms with Gasteiger partial charge < -0.3 is 19.1 Å². The zero-order valence-electron chi connectivity index (χ0n) is 16.9. The molecule has 4 rings (SSSR count). The van der Waals surface area contributed by atoms with Crippen molar-refractivity contribution in [1.29, 1.82) is 0 Å². The predicted molar refractivity (Wildman–Crippen MR) is 109 cm³/mol. The Morgan fingerprint density at radius 1 is 1.30 bits per heavy atom. The lowest BCUT2D eigenvalue weighted by Gasteiger charge is -2.16. The summed E-state index contributed by atoms with van der Waals surface area (Å²) in [6.45, 7) is 2.12. The van der Waals surface area contributed by atoms with Crippen LogP contribution in [0.1, 0.15) is 17.0 Å². The molecule has 154 valence electrons. The van der Waals surface area contributed by atoms with Crippen molar-refractivity contribution in [3.05, 3.63) is 65.4 Å². The van der Waals surface area contributed by atoms with Gasteiger partial charge in [-0.25, -0.2) is 9.37 Å². The van der Waals surface area contributed by atoms with E-state index in [9.17, 15) is 9.18 Å². The maximum absolute atomic E-state index is 14.0. The van der Waals surface area contributed by atoms with Crippen LogP contribution in [0.4, 0.5) is 4.39 Å². The third kappa shape index (κ3) is 3.76. The highest BCUT2D eigenvalue weighted by atomic mass is 19.1. The van der Waals surface area contributed by atoms with E-state index in [4.69, 9.17) is 9.26 Å². The van der Waals surface area contributed by atoms with E-state index in [-0.39, 0.29) is 18.1 Å². The van der Waals surface area contributed by atoms with Gasteiger partial charge in [-0.2, -0.15) is 0 Å². The molecule has 0 radical (unpaired) electrons. The van der Waals surface area contributed by atoms with E-state index >= 15 is 0 Å². The molecule has 0 spiro atoms. The fourth-order valence-corrected chi connectivity index (χ4v) is 3.48. The molecule has 4 aromatic rings. The summed E-state index contributed by atoms with van der Waals surface area (Å²) in [6, 6.07) is 9.90. The molecule has 0 aliphatic rings. The van der Waals surface area contributed by atoms with Gasteiger partial charge in [-0.1, -0.05) is 5.16 Å². The van der Waals surface area contributed by atoms with Gasteiger partial charge in [0.25, 0.3) is 0 Å². The Bertz CT molecular complexity index is 1210. The molecule has 0 aliphatic carbocycles. The van der Waals surface area contributed by atoms with Crippen LogP contribution in [0.3, 0.4) is 0 Å². The number of pyridine rings is 1. The highest BCUT2D eigenvalue weighted by molar-refractivity contribution is 5.95. The number of benzene rings is 1. The molecule has 0 saturated carbocycles. The number of hydrogen-bond acceptors (Lipinski definition) is 5. The zero-order chi connectivity index (χ0) is 21.3. The summed E-state index contributed by atoms with van der Waals surface area (Å²) in [5.41, 5.74) is 3.55. The molecule has 1 N–H and O–H groups in total. The number of H-pyrrole nitrogens is 1. The summed E-state index contributed by atoms with van der Waals surface area (Å²) >= 11 is 0. The number of aryl methyl sites for hydroxylation is 1. The minimum absolute atomic E-state index is 0.0699. The molecule has 8 heteroatoms. The number of carbonyl (C=O) groups excluding carboxylic acids is 1. The van der Waals surface area contributed by atoms with E-state index in [0.29, 0.717) is 40.4 Å². The lowest BCUT2D eigenvalue weighted by Crippen LogP contribution is -2.27. The second-order valence-electron chi connectivity index (χ2n) is 7.09. The SMILES string of the molecule is COc1ncccc1-c1[nH]c2ccc(F)cc2c1CC(=O)N(C)Cc1cc(C)no1. The van der Waals surface area contributed by atoms with Crippen molar-refractivity contribution >= 4 is 16.8 Å². The molecule has 0 atom stereocenters. The van der Waals surface area contributed by atoms with Crippen LogP contribution in [-0.2, 0) is 17.8 Å². The van der Waals surface area contributed by atoms with Crippen molar-refractivity contribution in [2.45, 2.75) is 19.9 Å². The predicted octanol–water partition coefficient (Wildman–Crippen LogP) is 3.88. The molecule has 1 aromatic carbocycles. The smallest absolute Gasteiger partial charge is 0.227 e. The molecule has 1 amide bonds. The van der Waals surface area contributed by atoms with E-state index in [1.807, 2.05) is 13.0 Å². The Labute approximate surface area is 172 Å². The molecule has 7 nitrogen and oxygen atoms in total. The number of likely N-dealkylation sites (N-methyl/N-ethyl adjacent to an activating group) is 1. The highest BCUT2D eigenvalue weighted by Crippen LogP contribution is 2.35. The first kappa shape index (κ1) is 19.6. The number of hydrogen-bond donors (Lipinski definition) is 1. The van der Waals surface area contributed by atoms with Crippen LogP contribution in [0.5, 0.6) is 5.88 Å². The first-order valence-electron chi connectivity index (χ1n) is 9.42. The number of ether oxygens (including phenoxy) is 1. The number of nitrogens with one attached hydrogen (secondary N) is 1. The van der Waals surface area contributed by atoms with Crippen molar-refractivity contribution in [2.24, 2.45) is 0 Å². The normalized spacial score (nSPS) is 11.1. The number of aromatic nitrogens is 3. The first-order chi connectivity index (χ1) is 14.5. The van der Waals surface area contributed by atoms with Crippen LogP contribution in [0.2, 0.25) is 0 Å². The molecule has 0 aliphatic heterocycles. The maximum Gasteiger partial charge on any atom is 0.227 e. The summed E-state index contributed by atoms with van der Waals surface area (Å²) in [5, 5.41) is 4.49. The molecule has 0 fully saturated rings. The van der Waals surface area contributed by atoms with Crippen LogP contribution in [0.25, 0.3) is 22.2 Å². The minimum atomic E-state index is -0.370. The van der Waals surface area contributed by atoms with E-state index in [1.54, 1.807) is 36.3 Å². The standard InChI is InChI=1S/C22H21FN4O3/c1-13-9-15(30-26-13)12-27(2)20(28)11-18-17-10-14(23)6-7-19(17)25-21(18)16-5-4-8-24-22(16)29-3/h4-10,25H,11-12H2,1-3H3. The van der Waals surface area contributed by atoms with Crippen molar-refractivity contribution in [1.82, 2.24) is 20.0 Å². The van der Waals surface area contributed by atoms with E-state index in [1.165, 1.54) is 19.2 Å². The summed E-state index contributed by atoms with van der Waals surface area (Å²) < 4.78 is 24.6. The van der Waals surface area contributed by atoms with Crippen LogP contribution >= 0.6 is 0 Å². The van der Waals surface area contributed by atoms with Crippen molar-refractivity contribution in [3.8, 4) is 17.1 Å². The molecule has 0 bridgehead atoms. The Morgan fingerprint density at radius 2 is 2.13 bits per heavy atom. The maximum atomic E-state index is 14.0. The van der Waals surface area contributed by atoms with Crippen molar-refractivity contribution in [3.63, 3.8) is 0 Å². The summed E-state index contributed by atoms with van der Waals surface area (Å²) in [6.07, 6.45) is 1.70. The van der Waals surface area contributed by atoms with Gasteiger partial charge in [0.05, 0.1) is 37.0 Å². The Kier molecular flexibility index (Phi) is 5.22. The quantitative estimate of drug-likeness (QED) is 0.524. The molecule has 0 unspecified atom stereocenters. The lowest BCUT2D eigenvalue weighted by atomic mass is 10.0. The Hall–Kier alpha value is -3.68. The van der Waals surface area contributed by atoms with Crippen LogP contribution < -0.4 is 4.74 Å². The fourth-order valence-electron chi connectivity index (χ4n) is 3.48. The molecule has 3 heterocycles. The van der Waals surface area contributed by atoms with Gasteiger partial charge in [0.2, 0.25) is 11.8 Å². The first-order valence-corrected chi connectivity index (χ1v) is 9.42. The second-order valence-corrected chi connectivity index (χ2v) is 7.09. The molecule has 30 heavy (non-hydrogen) atoms. The molecular weight excluding hydrogens is 387 g/mol. The number of fused-ring (bicyclic) bond motifs is 1. The number of halogens is 1. The largest absolute Gasteiger partial charge is 0.481 e. The number of nitrogens with zero attached hydrogens (tertiary/aromatic N) is 3. The van der Waals surface area contributed by atoms with Crippen LogP contribution in [-0.4, -0.2) is 40.1 Å². The molecule has 3 aromatic heterocycles. The number of carbonyl (C=O) groups is 1. The average Bonchev–Trinajstić information content (AvgIpc) is 3.31. The zero-order valence-corrected chi connectivity index (χ0v) is 16.9. The highest BCUT2D eigenvalue weighted by Gasteiger charge is 2.21. The van der Waals surface area contributed by atoms with E-state index < -0.39 is 0 Å². The number of rotatable bonds is 6. The Balaban J connectivity index is 1.73. The second kappa shape index (κ2) is 7.98. The molecular formula is C22H21FN4O3. The minimum Gasteiger partial charge on any atom is -0.481 e. The van der Waals surface area contributed by atoms with Gasteiger partial charge in [-0.3, -0.25) is 4.79 Å². The topological polar surface area (TPSA) is 84.2 Å². The van der Waals surface area contributed by atoms with Crippen LogP contribution in [0.15, 0.2) is 47.1 Å².